The van der Waals surface area contributed by atoms with Crippen molar-refractivity contribution in [2.45, 2.75) is 26.0 Å². The molecule has 1 aromatic carbocycles. The summed E-state index contributed by atoms with van der Waals surface area (Å²) in [6, 6.07) is 9.06. The highest BCUT2D eigenvalue weighted by Crippen LogP contribution is 2.13. The van der Waals surface area contributed by atoms with Gasteiger partial charge in [0.15, 0.2) is 0 Å². The number of amides is 1. The molecule has 0 saturated carbocycles. The van der Waals surface area contributed by atoms with Crippen LogP contribution in [0.15, 0.2) is 30.3 Å². The van der Waals surface area contributed by atoms with E-state index in [0.29, 0.717) is 6.54 Å². The number of rotatable bonds is 6. The van der Waals surface area contributed by atoms with Crippen molar-refractivity contribution >= 4 is 21.7 Å². The largest absolute Gasteiger partial charge is 0.311 e. The maximum Gasteiger partial charge on any atom is 0.270 e. The first-order chi connectivity index (χ1) is 8.88. The Bertz CT molecular complexity index is 511. The molecule has 1 rings (SSSR count). The van der Waals surface area contributed by atoms with Crippen LogP contribution in [0, 0.1) is 0 Å². The van der Waals surface area contributed by atoms with Crippen LogP contribution < -0.4 is 4.90 Å². The zero-order chi connectivity index (χ0) is 14.5. The molecule has 0 spiro atoms. The van der Waals surface area contributed by atoms with Crippen LogP contribution in [0.5, 0.6) is 0 Å². The van der Waals surface area contributed by atoms with Crippen LogP contribution in [-0.4, -0.2) is 32.7 Å². The molecule has 5 nitrogen and oxygen atoms in total. The molecule has 0 aliphatic rings. The second-order valence-electron chi connectivity index (χ2n) is 4.28. The topological polar surface area (TPSA) is 63.7 Å². The summed E-state index contributed by atoms with van der Waals surface area (Å²) in [4.78, 5) is 13.5. The molecule has 0 bridgehead atoms. The van der Waals surface area contributed by atoms with E-state index in [1.807, 2.05) is 25.1 Å². The van der Waals surface area contributed by atoms with Gasteiger partial charge >= 0.3 is 0 Å². The minimum absolute atomic E-state index is 0.377. The van der Waals surface area contributed by atoms with Gasteiger partial charge in [0, 0.05) is 12.2 Å². The lowest BCUT2D eigenvalue weighted by Crippen LogP contribution is -2.35. The molecule has 0 fully saturated rings. The van der Waals surface area contributed by atoms with Gasteiger partial charge in [-0.2, -0.15) is 8.42 Å². The highest BCUT2D eigenvalue weighted by atomic mass is 32.2. The van der Waals surface area contributed by atoms with Crippen LogP contribution in [0.4, 0.5) is 5.69 Å². The summed E-state index contributed by atoms with van der Waals surface area (Å²) < 4.78 is 27.7. The SMILES string of the molecule is CCN(C(=O)COS(=O)(=O)C(C)C)c1ccccc1. The summed E-state index contributed by atoms with van der Waals surface area (Å²) in [7, 11) is -3.66. The zero-order valence-electron chi connectivity index (χ0n) is 11.4. The molecule has 0 heterocycles. The predicted octanol–water partition coefficient (Wildman–Crippen LogP) is 1.79. The fraction of sp³-hybridized carbons (Fsp3) is 0.462. The van der Waals surface area contributed by atoms with E-state index in [9.17, 15) is 13.2 Å². The molecule has 0 radical (unpaired) electrons. The Balaban J connectivity index is 2.72. The summed E-state index contributed by atoms with van der Waals surface area (Å²) >= 11 is 0. The summed E-state index contributed by atoms with van der Waals surface area (Å²) in [5.74, 6) is -0.377. The Morgan fingerprint density at radius 3 is 2.32 bits per heavy atom. The van der Waals surface area contributed by atoms with Crippen molar-refractivity contribution in [3.63, 3.8) is 0 Å². The third-order valence-electron chi connectivity index (χ3n) is 2.61. The molecule has 1 aromatic rings. The van der Waals surface area contributed by atoms with Gasteiger partial charge in [0.25, 0.3) is 16.0 Å². The van der Waals surface area contributed by atoms with E-state index in [4.69, 9.17) is 4.18 Å². The monoisotopic (exact) mass is 285 g/mol. The lowest BCUT2D eigenvalue weighted by Gasteiger charge is -2.21. The normalized spacial score (nSPS) is 11.6. The van der Waals surface area contributed by atoms with E-state index in [1.165, 1.54) is 18.7 Å². The Morgan fingerprint density at radius 1 is 1.26 bits per heavy atom. The molecule has 0 aliphatic heterocycles. The first-order valence-electron chi connectivity index (χ1n) is 6.12. The summed E-state index contributed by atoms with van der Waals surface area (Å²) in [5.41, 5.74) is 0.723. The van der Waals surface area contributed by atoms with Crippen molar-refractivity contribution in [1.82, 2.24) is 0 Å². The Morgan fingerprint density at radius 2 is 1.84 bits per heavy atom. The van der Waals surface area contributed by atoms with Crippen LogP contribution in [0.2, 0.25) is 0 Å². The van der Waals surface area contributed by atoms with E-state index >= 15 is 0 Å². The van der Waals surface area contributed by atoms with Gasteiger partial charge in [-0.25, -0.2) is 0 Å². The smallest absolute Gasteiger partial charge is 0.270 e. The van der Waals surface area contributed by atoms with Gasteiger partial charge in [-0.15, -0.1) is 0 Å². The quantitative estimate of drug-likeness (QED) is 0.748. The maximum absolute atomic E-state index is 12.0. The molecule has 0 unspecified atom stereocenters. The highest BCUT2D eigenvalue weighted by Gasteiger charge is 2.21. The Kier molecular flexibility index (Phi) is 5.50. The van der Waals surface area contributed by atoms with Crippen molar-refractivity contribution in [2.75, 3.05) is 18.1 Å². The van der Waals surface area contributed by atoms with Gasteiger partial charge in [-0.3, -0.25) is 8.98 Å². The van der Waals surface area contributed by atoms with Crippen LogP contribution in [-0.2, 0) is 19.1 Å². The minimum Gasteiger partial charge on any atom is -0.311 e. The van der Waals surface area contributed by atoms with Gasteiger partial charge in [-0.1, -0.05) is 18.2 Å². The third kappa shape index (κ3) is 4.33. The van der Waals surface area contributed by atoms with Crippen molar-refractivity contribution in [3.8, 4) is 0 Å². The first kappa shape index (κ1) is 15.7. The number of hydrogen-bond acceptors (Lipinski definition) is 4. The summed E-state index contributed by atoms with van der Waals surface area (Å²) in [5, 5.41) is -0.660. The number of anilines is 1. The molecule has 0 atom stereocenters. The molecule has 19 heavy (non-hydrogen) atoms. The second kappa shape index (κ2) is 6.68. The van der Waals surface area contributed by atoms with Crippen molar-refractivity contribution in [3.05, 3.63) is 30.3 Å². The van der Waals surface area contributed by atoms with E-state index in [1.54, 1.807) is 12.1 Å². The summed E-state index contributed by atoms with van der Waals surface area (Å²) in [6.07, 6.45) is 0. The Labute approximate surface area is 114 Å². The number of likely N-dealkylation sites (N-methyl/N-ethyl adjacent to an activating group) is 1. The minimum atomic E-state index is -3.66. The number of hydrogen-bond donors (Lipinski definition) is 0. The highest BCUT2D eigenvalue weighted by molar-refractivity contribution is 7.87. The van der Waals surface area contributed by atoms with E-state index < -0.39 is 22.0 Å². The number of carbonyl (C=O) groups is 1. The van der Waals surface area contributed by atoms with E-state index in [2.05, 4.69) is 0 Å². The molecule has 6 heteroatoms. The molecule has 1 amide bonds. The Hall–Kier alpha value is -1.40. The third-order valence-corrected chi connectivity index (χ3v) is 4.21. The standard InChI is InChI=1S/C13H19NO4S/c1-4-14(12-8-6-5-7-9-12)13(15)10-18-19(16,17)11(2)3/h5-9,11H,4,10H2,1-3H3. The van der Waals surface area contributed by atoms with Gasteiger partial charge in [0.2, 0.25) is 0 Å². The van der Waals surface area contributed by atoms with Gasteiger partial charge in [0.1, 0.15) is 6.61 Å². The lowest BCUT2D eigenvalue weighted by molar-refractivity contribution is -0.120. The number of carbonyl (C=O) groups excluding carboxylic acids is 1. The number of nitrogens with zero attached hydrogens (tertiary/aromatic N) is 1. The van der Waals surface area contributed by atoms with Gasteiger partial charge < -0.3 is 4.90 Å². The average Bonchev–Trinajstić information content (AvgIpc) is 2.38. The van der Waals surface area contributed by atoms with Gasteiger partial charge in [-0.05, 0) is 32.9 Å². The van der Waals surface area contributed by atoms with E-state index in [0.717, 1.165) is 5.69 Å². The lowest BCUT2D eigenvalue weighted by atomic mass is 10.3. The number of para-hydroxylation sites is 1. The van der Waals surface area contributed by atoms with Crippen LogP contribution in [0.25, 0.3) is 0 Å². The molecule has 106 valence electrons. The number of benzene rings is 1. The van der Waals surface area contributed by atoms with Crippen molar-refractivity contribution in [1.29, 1.82) is 0 Å². The molecular formula is C13H19NO4S. The molecular weight excluding hydrogens is 266 g/mol. The predicted molar refractivity (Wildman–Crippen MR) is 74.5 cm³/mol. The molecule has 0 aliphatic carbocycles. The molecule has 0 saturated heterocycles. The molecule has 0 aromatic heterocycles. The second-order valence-corrected chi connectivity index (χ2v) is 6.44. The van der Waals surface area contributed by atoms with Crippen LogP contribution >= 0.6 is 0 Å². The first-order valence-corrected chi connectivity index (χ1v) is 7.59. The van der Waals surface area contributed by atoms with Crippen molar-refractivity contribution < 1.29 is 17.4 Å². The van der Waals surface area contributed by atoms with Crippen LogP contribution in [0.3, 0.4) is 0 Å². The van der Waals surface area contributed by atoms with Crippen LogP contribution in [0.1, 0.15) is 20.8 Å². The van der Waals surface area contributed by atoms with Crippen molar-refractivity contribution in [2.24, 2.45) is 0 Å². The fourth-order valence-electron chi connectivity index (χ4n) is 1.46. The molecule has 0 N–H and O–H groups in total. The zero-order valence-corrected chi connectivity index (χ0v) is 12.2. The fourth-order valence-corrected chi connectivity index (χ4v) is 1.99. The maximum atomic E-state index is 12.0. The average molecular weight is 285 g/mol. The summed E-state index contributed by atoms with van der Waals surface area (Å²) in [6.45, 7) is 4.82. The van der Waals surface area contributed by atoms with Gasteiger partial charge in [0.05, 0.1) is 5.25 Å². The van der Waals surface area contributed by atoms with E-state index in [-0.39, 0.29) is 5.91 Å².